The van der Waals surface area contributed by atoms with Gasteiger partial charge in [0, 0.05) is 12.0 Å². The number of carbonyl (C=O) groups is 1. The van der Waals surface area contributed by atoms with Gasteiger partial charge >= 0.3 is 6.09 Å². The van der Waals surface area contributed by atoms with Crippen LogP contribution in [-0.4, -0.2) is 40.9 Å². The highest BCUT2D eigenvalue weighted by molar-refractivity contribution is 5.69. The highest BCUT2D eigenvalue weighted by Gasteiger charge is 2.84. The Hall–Kier alpha value is -0.770. The van der Waals surface area contributed by atoms with E-state index < -0.39 is 5.60 Å². The van der Waals surface area contributed by atoms with Gasteiger partial charge in [0.1, 0.15) is 5.60 Å². The Morgan fingerprint density at radius 3 is 2.29 bits per heavy atom. The number of fused-ring (bicyclic) bond motifs is 1. The minimum Gasteiger partial charge on any atom is -0.444 e. The first-order valence-corrected chi connectivity index (χ1v) is 8.21. The van der Waals surface area contributed by atoms with Crippen LogP contribution in [0.15, 0.2) is 0 Å². The number of nitrogens with zero attached hydrogens (tertiary/aromatic N) is 1. The Balaban J connectivity index is 1.80. The molecule has 0 radical (unpaired) electrons. The molecule has 0 aromatic heterocycles. The molecule has 2 aliphatic carbocycles. The summed E-state index contributed by atoms with van der Waals surface area (Å²) in [6.45, 7) is 11.1. The molecule has 1 saturated heterocycles. The highest BCUT2D eigenvalue weighted by atomic mass is 16.6. The average molecular weight is 295 g/mol. The van der Waals surface area contributed by atoms with E-state index in [0.29, 0.717) is 5.41 Å². The second-order valence-corrected chi connectivity index (χ2v) is 8.79. The molecule has 4 heteroatoms. The Morgan fingerprint density at radius 2 is 1.90 bits per heavy atom. The van der Waals surface area contributed by atoms with E-state index in [2.05, 4.69) is 13.8 Å². The predicted molar refractivity (Wildman–Crippen MR) is 80.9 cm³/mol. The molecule has 1 aliphatic heterocycles. The molecule has 120 valence electrons. The van der Waals surface area contributed by atoms with Gasteiger partial charge in [-0.2, -0.15) is 0 Å². The minimum atomic E-state index is -0.486. The molecule has 21 heavy (non-hydrogen) atoms. The van der Waals surface area contributed by atoms with E-state index in [1.807, 2.05) is 20.8 Å². The maximum absolute atomic E-state index is 12.5. The average Bonchev–Trinajstić information content (AvgIpc) is 2.59. The standard InChI is InChI=1S/C17H29NO3/c1-14(2,3)21-13(20)18-11-17(9-12(18)10-19)15(4,5)16(17)7-6-8-16/h12,19H,6-11H2,1-5H3/t12-,17+/m0/s1. The summed E-state index contributed by atoms with van der Waals surface area (Å²) in [5.74, 6) is 0. The molecule has 1 heterocycles. The largest absolute Gasteiger partial charge is 0.444 e. The molecule has 3 fully saturated rings. The van der Waals surface area contributed by atoms with Gasteiger partial charge in [0.2, 0.25) is 0 Å². The van der Waals surface area contributed by atoms with Crippen LogP contribution in [0.5, 0.6) is 0 Å². The van der Waals surface area contributed by atoms with Gasteiger partial charge < -0.3 is 14.7 Å². The summed E-state index contributed by atoms with van der Waals surface area (Å²) in [5.41, 5.74) is 0.398. The summed E-state index contributed by atoms with van der Waals surface area (Å²) in [6.07, 6.45) is 4.52. The lowest BCUT2D eigenvalue weighted by Gasteiger charge is -2.32. The zero-order chi connectivity index (χ0) is 15.7. The van der Waals surface area contributed by atoms with Crippen molar-refractivity contribution in [3.63, 3.8) is 0 Å². The minimum absolute atomic E-state index is 0.0349. The van der Waals surface area contributed by atoms with E-state index in [1.165, 1.54) is 19.3 Å². The van der Waals surface area contributed by atoms with Crippen LogP contribution in [0, 0.1) is 16.2 Å². The molecule has 2 spiro atoms. The molecule has 1 amide bonds. The summed E-state index contributed by atoms with van der Waals surface area (Å²) in [4.78, 5) is 14.3. The second-order valence-electron chi connectivity index (χ2n) is 8.79. The second kappa shape index (κ2) is 4.15. The van der Waals surface area contributed by atoms with Gasteiger partial charge in [-0.05, 0) is 50.9 Å². The van der Waals surface area contributed by atoms with Crippen molar-refractivity contribution in [2.45, 2.75) is 71.9 Å². The number of rotatable bonds is 1. The van der Waals surface area contributed by atoms with Crippen molar-refractivity contribution in [3.8, 4) is 0 Å². The maximum atomic E-state index is 12.5. The number of aliphatic hydroxyl groups is 1. The van der Waals surface area contributed by atoms with Gasteiger partial charge in [0.25, 0.3) is 0 Å². The number of likely N-dealkylation sites (tertiary alicyclic amines) is 1. The fraction of sp³-hybridized carbons (Fsp3) is 0.941. The van der Waals surface area contributed by atoms with Gasteiger partial charge in [-0.25, -0.2) is 4.79 Å². The van der Waals surface area contributed by atoms with Crippen LogP contribution < -0.4 is 0 Å². The topological polar surface area (TPSA) is 49.8 Å². The van der Waals surface area contributed by atoms with Crippen LogP contribution in [-0.2, 0) is 4.74 Å². The van der Waals surface area contributed by atoms with E-state index in [4.69, 9.17) is 4.74 Å². The molecule has 2 saturated carbocycles. The van der Waals surface area contributed by atoms with Crippen molar-refractivity contribution >= 4 is 6.09 Å². The Morgan fingerprint density at radius 1 is 1.29 bits per heavy atom. The third kappa shape index (κ3) is 1.74. The first kappa shape index (κ1) is 15.1. The van der Waals surface area contributed by atoms with Gasteiger partial charge in [-0.1, -0.05) is 20.3 Å². The van der Waals surface area contributed by atoms with E-state index in [0.717, 1.165) is 13.0 Å². The molecule has 4 nitrogen and oxygen atoms in total. The van der Waals surface area contributed by atoms with Crippen LogP contribution >= 0.6 is 0 Å². The van der Waals surface area contributed by atoms with E-state index >= 15 is 0 Å². The molecule has 1 N–H and O–H groups in total. The lowest BCUT2D eigenvalue weighted by atomic mass is 9.73. The molecule has 3 rings (SSSR count). The fourth-order valence-corrected chi connectivity index (χ4v) is 5.39. The number of aliphatic hydroxyl groups excluding tert-OH is 1. The predicted octanol–water partition coefficient (Wildman–Crippen LogP) is 3.18. The van der Waals surface area contributed by atoms with Crippen LogP contribution in [0.25, 0.3) is 0 Å². The molecule has 0 unspecified atom stereocenters. The molecule has 0 aromatic rings. The lowest BCUT2D eigenvalue weighted by Crippen LogP contribution is -2.41. The summed E-state index contributed by atoms with van der Waals surface area (Å²) in [5, 5.41) is 9.73. The van der Waals surface area contributed by atoms with Gasteiger partial charge in [-0.15, -0.1) is 0 Å². The van der Waals surface area contributed by atoms with Crippen LogP contribution in [0.3, 0.4) is 0 Å². The number of carbonyl (C=O) groups excluding carboxylic acids is 1. The number of hydrogen-bond donors (Lipinski definition) is 1. The zero-order valence-corrected chi connectivity index (χ0v) is 14.0. The summed E-state index contributed by atoms with van der Waals surface area (Å²) in [6, 6.07) is -0.0842. The van der Waals surface area contributed by atoms with Crippen LogP contribution in [0.2, 0.25) is 0 Å². The highest BCUT2D eigenvalue weighted by Crippen LogP contribution is 2.88. The third-order valence-corrected chi connectivity index (χ3v) is 6.76. The van der Waals surface area contributed by atoms with E-state index in [1.54, 1.807) is 4.90 Å². The Kier molecular flexibility index (Phi) is 2.99. The SMILES string of the molecule is CC(C)(C)OC(=O)N1C[C@]2(C[C@H]1CO)C(C)(C)C21CCC1. The smallest absolute Gasteiger partial charge is 0.410 e. The fourth-order valence-electron chi connectivity index (χ4n) is 5.39. The first-order chi connectivity index (χ1) is 9.60. The van der Waals surface area contributed by atoms with Crippen LogP contribution in [0.4, 0.5) is 4.79 Å². The Labute approximate surface area is 127 Å². The molecular formula is C17H29NO3. The van der Waals surface area contributed by atoms with E-state index in [9.17, 15) is 9.90 Å². The number of hydrogen-bond acceptors (Lipinski definition) is 3. The molecule has 0 aromatic carbocycles. The van der Waals surface area contributed by atoms with Crippen molar-refractivity contribution in [1.29, 1.82) is 0 Å². The third-order valence-electron chi connectivity index (χ3n) is 6.76. The summed E-state index contributed by atoms with van der Waals surface area (Å²) in [7, 11) is 0. The molecule has 3 aliphatic rings. The number of ether oxygens (including phenoxy) is 1. The van der Waals surface area contributed by atoms with Gasteiger partial charge in [0.05, 0.1) is 12.6 Å². The number of amides is 1. The van der Waals surface area contributed by atoms with Crippen LogP contribution in [0.1, 0.15) is 60.3 Å². The molecule has 0 bridgehead atoms. The zero-order valence-electron chi connectivity index (χ0n) is 14.0. The van der Waals surface area contributed by atoms with Crippen molar-refractivity contribution in [2.24, 2.45) is 16.2 Å². The summed E-state index contributed by atoms with van der Waals surface area (Å²) >= 11 is 0. The molecular weight excluding hydrogens is 266 g/mol. The normalized spacial score (nSPS) is 35.9. The van der Waals surface area contributed by atoms with Crippen molar-refractivity contribution in [2.75, 3.05) is 13.2 Å². The molecule has 2 atom stereocenters. The van der Waals surface area contributed by atoms with Crippen molar-refractivity contribution < 1.29 is 14.6 Å². The van der Waals surface area contributed by atoms with Crippen molar-refractivity contribution in [3.05, 3.63) is 0 Å². The monoisotopic (exact) mass is 295 g/mol. The quantitative estimate of drug-likeness (QED) is 0.808. The maximum Gasteiger partial charge on any atom is 0.410 e. The van der Waals surface area contributed by atoms with Crippen molar-refractivity contribution in [1.82, 2.24) is 4.90 Å². The summed E-state index contributed by atoms with van der Waals surface area (Å²) < 4.78 is 5.54. The van der Waals surface area contributed by atoms with Gasteiger partial charge in [0.15, 0.2) is 0 Å². The van der Waals surface area contributed by atoms with Gasteiger partial charge in [-0.3, -0.25) is 0 Å². The lowest BCUT2D eigenvalue weighted by molar-refractivity contribution is 0.0166. The Bertz CT molecular complexity index is 461. The van der Waals surface area contributed by atoms with E-state index in [-0.39, 0.29) is 29.6 Å². The first-order valence-electron chi connectivity index (χ1n) is 8.21.